The fraction of sp³-hybridized carbons (Fsp3) is 0. The Morgan fingerprint density at radius 1 is 0.348 bits per heavy atom. The fourth-order valence-corrected chi connectivity index (χ4v) is 6.92. The van der Waals surface area contributed by atoms with Gasteiger partial charge in [0.1, 0.15) is 11.5 Å². The first-order valence-electron chi connectivity index (χ1n) is 21.0. The summed E-state index contributed by atoms with van der Waals surface area (Å²) in [6.07, 6.45) is 10.4. The number of para-hydroxylation sites is 2. The Morgan fingerprint density at radius 2 is 0.727 bits per heavy atom. The summed E-state index contributed by atoms with van der Waals surface area (Å²) in [6, 6.07) is 56.7. The summed E-state index contributed by atoms with van der Waals surface area (Å²) in [5.74, 6) is 1.04. The number of amides is 2. The molecule has 0 aliphatic carbocycles. The van der Waals surface area contributed by atoms with Crippen LogP contribution in [0.5, 0.6) is 11.5 Å². The number of aromatic nitrogens is 4. The average Bonchev–Trinajstić information content (AvgIpc) is 3.37. The SMILES string of the molecule is O=C(Nc1ccc(Nc2ccncc2)cc1)c1ccc(Nc2ccnc3ccccc23)cc1.O=C(Nc1ccc(Oc2ccncc2)cc1)c1ccc(Nc2ccnc3ccccc23)cc1. The van der Waals surface area contributed by atoms with Crippen molar-refractivity contribution in [2.24, 2.45) is 0 Å². The molecule has 320 valence electrons. The molecule has 2 amide bonds. The number of nitrogens with zero attached hydrogens (tertiary/aromatic N) is 4. The Balaban J connectivity index is 0.000000166. The molecule has 0 saturated carbocycles. The van der Waals surface area contributed by atoms with E-state index in [4.69, 9.17) is 4.74 Å². The number of rotatable bonds is 12. The second-order valence-electron chi connectivity index (χ2n) is 14.8. The predicted octanol–water partition coefficient (Wildman–Crippen LogP) is 12.8. The van der Waals surface area contributed by atoms with Crippen molar-refractivity contribution in [3.05, 3.63) is 230 Å². The molecule has 0 spiro atoms. The van der Waals surface area contributed by atoms with Gasteiger partial charge in [-0.25, -0.2) is 0 Å². The van der Waals surface area contributed by atoms with Crippen LogP contribution in [0.2, 0.25) is 0 Å². The Hall–Kier alpha value is -9.42. The molecule has 10 rings (SSSR count). The fourth-order valence-electron chi connectivity index (χ4n) is 6.92. The highest BCUT2D eigenvalue weighted by Gasteiger charge is 2.10. The molecule has 0 aliphatic heterocycles. The quantitative estimate of drug-likeness (QED) is 0.0801. The maximum absolute atomic E-state index is 12.7. The second kappa shape index (κ2) is 20.2. The van der Waals surface area contributed by atoms with Crippen molar-refractivity contribution in [1.82, 2.24) is 19.9 Å². The third-order valence-corrected chi connectivity index (χ3v) is 10.3. The van der Waals surface area contributed by atoms with Crippen LogP contribution >= 0.6 is 0 Å². The van der Waals surface area contributed by atoms with Crippen LogP contribution in [0.3, 0.4) is 0 Å². The van der Waals surface area contributed by atoms with Crippen LogP contribution in [0, 0.1) is 0 Å². The number of benzene rings is 6. The van der Waals surface area contributed by atoms with Crippen molar-refractivity contribution in [2.45, 2.75) is 0 Å². The zero-order valence-corrected chi connectivity index (χ0v) is 35.3. The number of pyridine rings is 4. The van der Waals surface area contributed by atoms with Gasteiger partial charge in [-0.15, -0.1) is 0 Å². The van der Waals surface area contributed by atoms with E-state index in [9.17, 15) is 9.59 Å². The summed E-state index contributed by atoms with van der Waals surface area (Å²) in [5, 5.41) is 18.0. The lowest BCUT2D eigenvalue weighted by Gasteiger charge is -2.11. The molecule has 12 nitrogen and oxygen atoms in total. The van der Waals surface area contributed by atoms with Gasteiger partial charge in [0, 0.05) is 105 Å². The first kappa shape index (κ1) is 41.9. The molecule has 6 aromatic carbocycles. The van der Waals surface area contributed by atoms with Crippen LogP contribution in [0.15, 0.2) is 219 Å². The maximum Gasteiger partial charge on any atom is 0.255 e. The van der Waals surface area contributed by atoms with E-state index in [1.807, 2.05) is 133 Å². The summed E-state index contributed by atoms with van der Waals surface area (Å²) in [4.78, 5) is 42.1. The molecule has 0 atom stereocenters. The van der Waals surface area contributed by atoms with E-state index < -0.39 is 0 Å². The van der Waals surface area contributed by atoms with Crippen LogP contribution < -0.4 is 31.3 Å². The molecule has 4 aromatic heterocycles. The molecule has 0 unspecified atom stereocenters. The summed E-state index contributed by atoms with van der Waals surface area (Å²) >= 11 is 0. The minimum atomic E-state index is -0.182. The third kappa shape index (κ3) is 10.8. The molecule has 66 heavy (non-hydrogen) atoms. The first-order valence-corrected chi connectivity index (χ1v) is 21.0. The Bertz CT molecular complexity index is 2980. The molecule has 5 N–H and O–H groups in total. The van der Waals surface area contributed by atoms with Crippen molar-refractivity contribution < 1.29 is 14.3 Å². The lowest BCUT2D eigenvalue weighted by molar-refractivity contribution is 0.101. The van der Waals surface area contributed by atoms with Gasteiger partial charge in [-0.3, -0.25) is 29.5 Å². The molecule has 0 radical (unpaired) electrons. The molecule has 4 heterocycles. The van der Waals surface area contributed by atoms with Gasteiger partial charge in [0.2, 0.25) is 0 Å². The summed E-state index contributed by atoms with van der Waals surface area (Å²) in [7, 11) is 0. The highest BCUT2D eigenvalue weighted by molar-refractivity contribution is 6.05. The lowest BCUT2D eigenvalue weighted by Crippen LogP contribution is -2.11. The minimum Gasteiger partial charge on any atom is -0.457 e. The number of anilines is 8. The largest absolute Gasteiger partial charge is 0.457 e. The van der Waals surface area contributed by atoms with Gasteiger partial charge in [-0.05, 0) is 146 Å². The normalized spacial score (nSPS) is 10.5. The van der Waals surface area contributed by atoms with Crippen molar-refractivity contribution in [3.8, 4) is 11.5 Å². The second-order valence-corrected chi connectivity index (χ2v) is 14.8. The third-order valence-electron chi connectivity index (χ3n) is 10.3. The highest BCUT2D eigenvalue weighted by atomic mass is 16.5. The van der Waals surface area contributed by atoms with E-state index in [0.29, 0.717) is 28.3 Å². The van der Waals surface area contributed by atoms with Crippen molar-refractivity contribution >= 4 is 79.1 Å². The van der Waals surface area contributed by atoms with Crippen LogP contribution in [0.4, 0.5) is 45.5 Å². The van der Waals surface area contributed by atoms with Gasteiger partial charge in [-0.1, -0.05) is 36.4 Å². The van der Waals surface area contributed by atoms with Gasteiger partial charge in [-0.2, -0.15) is 0 Å². The van der Waals surface area contributed by atoms with Crippen LogP contribution in [-0.2, 0) is 0 Å². The van der Waals surface area contributed by atoms with E-state index >= 15 is 0 Å². The van der Waals surface area contributed by atoms with E-state index in [1.54, 1.807) is 85.7 Å². The number of fused-ring (bicyclic) bond motifs is 2. The zero-order chi connectivity index (χ0) is 44.9. The van der Waals surface area contributed by atoms with E-state index in [1.165, 1.54) is 0 Å². The minimum absolute atomic E-state index is 0.161. The van der Waals surface area contributed by atoms with Crippen molar-refractivity contribution in [2.75, 3.05) is 26.6 Å². The number of carbonyl (C=O) groups is 2. The van der Waals surface area contributed by atoms with Crippen molar-refractivity contribution in [1.29, 1.82) is 0 Å². The number of hydrogen-bond donors (Lipinski definition) is 5. The Labute approximate surface area is 380 Å². The van der Waals surface area contributed by atoms with E-state index in [0.717, 1.165) is 61.6 Å². The number of hydrogen-bond acceptors (Lipinski definition) is 10. The molecule has 0 aliphatic rings. The van der Waals surface area contributed by atoms with Gasteiger partial charge < -0.3 is 31.3 Å². The van der Waals surface area contributed by atoms with Gasteiger partial charge in [0.15, 0.2) is 0 Å². The van der Waals surface area contributed by atoms with Crippen molar-refractivity contribution in [3.63, 3.8) is 0 Å². The Kier molecular flexibility index (Phi) is 12.8. The summed E-state index contributed by atoms with van der Waals surface area (Å²) < 4.78 is 5.75. The molecular weight excluding hydrogens is 823 g/mol. The van der Waals surface area contributed by atoms with Gasteiger partial charge in [0.25, 0.3) is 11.8 Å². The van der Waals surface area contributed by atoms with E-state index in [-0.39, 0.29) is 11.8 Å². The number of nitrogens with one attached hydrogen (secondary N) is 5. The first-order chi connectivity index (χ1) is 32.5. The number of carbonyl (C=O) groups excluding carboxylic acids is 2. The van der Waals surface area contributed by atoms with E-state index in [2.05, 4.69) is 46.5 Å². The van der Waals surface area contributed by atoms with Crippen LogP contribution in [-0.4, -0.2) is 31.8 Å². The maximum atomic E-state index is 12.7. The van der Waals surface area contributed by atoms with Gasteiger partial charge in [0.05, 0.1) is 11.0 Å². The number of ether oxygens (including phenoxy) is 1. The van der Waals surface area contributed by atoms with Crippen LogP contribution in [0.25, 0.3) is 21.8 Å². The summed E-state index contributed by atoms with van der Waals surface area (Å²) in [6.45, 7) is 0. The lowest BCUT2D eigenvalue weighted by atomic mass is 10.1. The molecule has 0 bridgehead atoms. The predicted molar refractivity (Wildman–Crippen MR) is 264 cm³/mol. The molecule has 0 saturated heterocycles. The molecule has 0 fully saturated rings. The zero-order valence-electron chi connectivity index (χ0n) is 35.3. The summed E-state index contributed by atoms with van der Waals surface area (Å²) in [5.41, 5.74) is 10.0. The van der Waals surface area contributed by atoms with Gasteiger partial charge >= 0.3 is 0 Å². The highest BCUT2D eigenvalue weighted by Crippen LogP contribution is 2.28. The topological polar surface area (TPSA) is 155 Å². The van der Waals surface area contributed by atoms with Crippen LogP contribution in [0.1, 0.15) is 20.7 Å². The monoisotopic (exact) mass is 863 g/mol. The smallest absolute Gasteiger partial charge is 0.255 e. The average molecular weight is 864 g/mol. The molecule has 10 aromatic rings. The Morgan fingerprint density at radius 3 is 1.23 bits per heavy atom. The molecule has 12 heteroatoms. The standard InChI is InChI=1S/C27H21N5O.C27H20N4O2/c33-27(32-22-11-9-20(10-12-22)30-23-13-16-28-17-14-23)19-5-7-21(8-6-19)31-26-15-18-29-25-4-2-1-3-24(25)26;32-27(31-21-9-11-22(12-10-21)33-23-13-16-28-17-14-23)19-5-7-20(8-6-19)30-26-15-18-29-25-4-2-1-3-24(25)26/h1-18H,(H,28,30)(H,29,31)(H,32,33);1-18H,(H,29,30)(H,31,32). The molecular formula is C54H41N9O3.